The van der Waals surface area contributed by atoms with E-state index in [-0.39, 0.29) is 5.60 Å². The summed E-state index contributed by atoms with van der Waals surface area (Å²) >= 11 is 6.31. The van der Waals surface area contributed by atoms with Crippen LogP contribution in [0.5, 0.6) is 0 Å². The zero-order chi connectivity index (χ0) is 15.3. The number of hydrogen-bond donors (Lipinski definition) is 1. The Morgan fingerprint density at radius 3 is 2.76 bits per heavy atom. The lowest BCUT2D eigenvalue weighted by Crippen LogP contribution is -2.28. The van der Waals surface area contributed by atoms with E-state index in [0.29, 0.717) is 12.0 Å². The summed E-state index contributed by atoms with van der Waals surface area (Å²) in [5, 5.41) is 4.37. The molecule has 0 amide bonds. The third-order valence-electron chi connectivity index (χ3n) is 4.30. The summed E-state index contributed by atoms with van der Waals surface area (Å²) < 4.78 is 6.17. The molecule has 2 rings (SSSR count). The molecule has 0 radical (unpaired) electrons. The highest BCUT2D eigenvalue weighted by molar-refractivity contribution is 6.31. The molecule has 1 aliphatic rings. The smallest absolute Gasteiger partial charge is 0.0631 e. The van der Waals surface area contributed by atoms with E-state index in [2.05, 4.69) is 38.2 Å². The maximum Gasteiger partial charge on any atom is 0.0631 e. The van der Waals surface area contributed by atoms with Crippen molar-refractivity contribution in [2.24, 2.45) is 5.92 Å². The summed E-state index contributed by atoms with van der Waals surface area (Å²) in [6.45, 7) is 8.58. The molecule has 1 saturated heterocycles. The zero-order valence-electron chi connectivity index (χ0n) is 13.5. The van der Waals surface area contributed by atoms with Gasteiger partial charge in [0.15, 0.2) is 0 Å². The number of hydrogen-bond acceptors (Lipinski definition) is 2. The lowest BCUT2D eigenvalue weighted by molar-refractivity contribution is -0.0244. The van der Waals surface area contributed by atoms with Crippen LogP contribution in [-0.2, 0) is 11.2 Å². The predicted molar refractivity (Wildman–Crippen MR) is 90.0 cm³/mol. The molecule has 1 N–H and O–H groups in total. The molecule has 0 saturated carbocycles. The van der Waals surface area contributed by atoms with Crippen LogP contribution in [0, 0.1) is 5.92 Å². The Morgan fingerprint density at radius 2 is 2.14 bits per heavy atom. The molecule has 1 fully saturated rings. The quantitative estimate of drug-likeness (QED) is 0.803. The van der Waals surface area contributed by atoms with Gasteiger partial charge in [-0.25, -0.2) is 0 Å². The summed E-state index contributed by atoms with van der Waals surface area (Å²) in [7, 11) is 0. The van der Waals surface area contributed by atoms with Gasteiger partial charge in [0, 0.05) is 5.02 Å². The first-order valence-corrected chi connectivity index (χ1v) is 8.50. The molecule has 21 heavy (non-hydrogen) atoms. The molecule has 0 bridgehead atoms. The molecule has 1 heterocycles. The van der Waals surface area contributed by atoms with Gasteiger partial charge in [0.2, 0.25) is 0 Å². The summed E-state index contributed by atoms with van der Waals surface area (Å²) in [4.78, 5) is 0. The Morgan fingerprint density at radius 1 is 1.38 bits per heavy atom. The molecular weight excluding hydrogens is 282 g/mol. The second-order valence-electron chi connectivity index (χ2n) is 6.74. The minimum absolute atomic E-state index is 0.0534. The average Bonchev–Trinajstić information content (AvgIpc) is 2.77. The van der Waals surface area contributed by atoms with E-state index in [1.807, 2.05) is 12.1 Å². The molecule has 0 aromatic heterocycles. The van der Waals surface area contributed by atoms with Crippen LogP contribution in [0.4, 0.5) is 0 Å². The Kier molecular flexibility index (Phi) is 6.09. The molecule has 2 unspecified atom stereocenters. The van der Waals surface area contributed by atoms with Crippen molar-refractivity contribution >= 4 is 11.6 Å². The minimum atomic E-state index is 0.0534. The van der Waals surface area contributed by atoms with Crippen LogP contribution >= 0.6 is 11.6 Å². The Hall–Kier alpha value is -0.570. The van der Waals surface area contributed by atoms with Gasteiger partial charge in [0.05, 0.1) is 11.7 Å². The SMILES string of the molecule is CCNCC(Cc1ccccc1Cl)CC1CCC(C)(C)O1. The van der Waals surface area contributed by atoms with Crippen LogP contribution in [0.15, 0.2) is 24.3 Å². The molecule has 1 aromatic carbocycles. The molecule has 2 nitrogen and oxygen atoms in total. The summed E-state index contributed by atoms with van der Waals surface area (Å²) in [6, 6.07) is 8.19. The van der Waals surface area contributed by atoms with Crippen molar-refractivity contribution in [3.05, 3.63) is 34.9 Å². The van der Waals surface area contributed by atoms with Gasteiger partial charge in [-0.1, -0.05) is 36.7 Å². The Balaban J connectivity index is 1.96. The van der Waals surface area contributed by atoms with Crippen molar-refractivity contribution in [2.45, 2.75) is 58.2 Å². The van der Waals surface area contributed by atoms with E-state index in [1.165, 1.54) is 12.0 Å². The second kappa shape index (κ2) is 7.62. The molecule has 0 aliphatic carbocycles. The van der Waals surface area contributed by atoms with Crippen LogP contribution in [0.25, 0.3) is 0 Å². The number of nitrogens with one attached hydrogen (secondary N) is 1. The lowest BCUT2D eigenvalue weighted by atomic mass is 9.92. The number of ether oxygens (including phenoxy) is 1. The van der Waals surface area contributed by atoms with Gasteiger partial charge in [-0.05, 0) is 70.2 Å². The third-order valence-corrected chi connectivity index (χ3v) is 4.67. The molecule has 0 spiro atoms. The van der Waals surface area contributed by atoms with Crippen molar-refractivity contribution in [3.63, 3.8) is 0 Å². The normalized spacial score (nSPS) is 22.4. The number of benzene rings is 1. The van der Waals surface area contributed by atoms with E-state index in [1.54, 1.807) is 0 Å². The van der Waals surface area contributed by atoms with Crippen molar-refractivity contribution in [3.8, 4) is 0 Å². The standard InChI is InChI=1S/C18H28ClNO/c1-4-20-13-14(11-15-7-5-6-8-17(15)19)12-16-9-10-18(2,3)21-16/h5-8,14,16,20H,4,9-13H2,1-3H3. The van der Waals surface area contributed by atoms with Gasteiger partial charge in [-0.3, -0.25) is 0 Å². The Labute approximate surface area is 134 Å². The highest BCUT2D eigenvalue weighted by atomic mass is 35.5. The van der Waals surface area contributed by atoms with Gasteiger partial charge in [-0.15, -0.1) is 0 Å². The van der Waals surface area contributed by atoms with Crippen molar-refractivity contribution < 1.29 is 4.74 Å². The van der Waals surface area contributed by atoms with Crippen LogP contribution in [0.3, 0.4) is 0 Å². The fourth-order valence-corrected chi connectivity index (χ4v) is 3.39. The monoisotopic (exact) mass is 309 g/mol. The van der Waals surface area contributed by atoms with E-state index < -0.39 is 0 Å². The molecule has 1 aliphatic heterocycles. The van der Waals surface area contributed by atoms with Crippen LogP contribution in [0.2, 0.25) is 5.02 Å². The fraction of sp³-hybridized carbons (Fsp3) is 0.667. The lowest BCUT2D eigenvalue weighted by Gasteiger charge is -2.24. The summed E-state index contributed by atoms with van der Waals surface area (Å²) in [6.07, 6.45) is 4.87. The second-order valence-corrected chi connectivity index (χ2v) is 7.15. The number of halogens is 1. The number of rotatable bonds is 7. The first-order chi connectivity index (χ1) is 10.00. The van der Waals surface area contributed by atoms with Crippen LogP contribution in [0.1, 0.15) is 45.6 Å². The van der Waals surface area contributed by atoms with Gasteiger partial charge < -0.3 is 10.1 Å². The molecule has 1 aromatic rings. The first kappa shape index (κ1) is 16.8. The van der Waals surface area contributed by atoms with Crippen LogP contribution < -0.4 is 5.32 Å². The van der Waals surface area contributed by atoms with Crippen molar-refractivity contribution in [2.75, 3.05) is 13.1 Å². The summed E-state index contributed by atoms with van der Waals surface area (Å²) in [5.41, 5.74) is 1.30. The van der Waals surface area contributed by atoms with Crippen molar-refractivity contribution in [1.29, 1.82) is 0 Å². The molecular formula is C18H28ClNO. The van der Waals surface area contributed by atoms with Crippen LogP contribution in [-0.4, -0.2) is 24.8 Å². The minimum Gasteiger partial charge on any atom is -0.372 e. The summed E-state index contributed by atoms with van der Waals surface area (Å²) in [5.74, 6) is 0.573. The van der Waals surface area contributed by atoms with Crippen molar-refractivity contribution in [1.82, 2.24) is 5.32 Å². The van der Waals surface area contributed by atoms with E-state index in [9.17, 15) is 0 Å². The van der Waals surface area contributed by atoms with Gasteiger partial charge in [-0.2, -0.15) is 0 Å². The highest BCUT2D eigenvalue weighted by Gasteiger charge is 2.32. The topological polar surface area (TPSA) is 21.3 Å². The largest absolute Gasteiger partial charge is 0.372 e. The average molecular weight is 310 g/mol. The third kappa shape index (κ3) is 5.28. The van der Waals surface area contributed by atoms with E-state index in [0.717, 1.165) is 37.4 Å². The maximum atomic E-state index is 6.31. The predicted octanol–water partition coefficient (Wildman–Crippen LogP) is 4.46. The van der Waals surface area contributed by atoms with Gasteiger partial charge >= 0.3 is 0 Å². The zero-order valence-corrected chi connectivity index (χ0v) is 14.2. The van der Waals surface area contributed by atoms with Gasteiger partial charge in [0.25, 0.3) is 0 Å². The molecule has 118 valence electrons. The van der Waals surface area contributed by atoms with E-state index in [4.69, 9.17) is 16.3 Å². The Bertz CT molecular complexity index is 447. The highest BCUT2D eigenvalue weighted by Crippen LogP contribution is 2.33. The van der Waals surface area contributed by atoms with E-state index >= 15 is 0 Å². The van der Waals surface area contributed by atoms with Gasteiger partial charge in [0.1, 0.15) is 0 Å². The molecule has 2 atom stereocenters. The molecule has 3 heteroatoms. The fourth-order valence-electron chi connectivity index (χ4n) is 3.18. The first-order valence-electron chi connectivity index (χ1n) is 8.12. The maximum absolute atomic E-state index is 6.31.